The fourth-order valence-electron chi connectivity index (χ4n) is 1.29. The predicted molar refractivity (Wildman–Crippen MR) is 57.9 cm³/mol. The van der Waals surface area contributed by atoms with Crippen LogP contribution in [0.25, 0.3) is 10.4 Å². The maximum Gasteiger partial charge on any atom is 0.280 e. The molecule has 2 aromatic heterocycles. The summed E-state index contributed by atoms with van der Waals surface area (Å²) in [5.74, 6) is 0. The molecule has 0 aliphatic carbocycles. The Bertz CT molecular complexity index is 510. The summed E-state index contributed by atoms with van der Waals surface area (Å²) in [5, 5.41) is 0. The van der Waals surface area contributed by atoms with Crippen molar-refractivity contribution in [1.29, 1.82) is 0 Å². The standard InChI is InChI=1S/C11H7F2NOS/c12-11(13)9-5-7(3-4-14-9)10-2-1-8(6-15)16-10/h1-6,11H. The van der Waals surface area contributed by atoms with Gasteiger partial charge in [0, 0.05) is 11.1 Å². The Hall–Kier alpha value is -1.62. The predicted octanol–water partition coefficient (Wildman–Crippen LogP) is 3.56. The van der Waals surface area contributed by atoms with E-state index in [1.807, 2.05) is 0 Å². The van der Waals surface area contributed by atoms with Gasteiger partial charge in [-0.3, -0.25) is 9.78 Å². The highest BCUT2D eigenvalue weighted by molar-refractivity contribution is 7.17. The Morgan fingerprint density at radius 2 is 2.12 bits per heavy atom. The molecule has 16 heavy (non-hydrogen) atoms. The molecule has 0 spiro atoms. The summed E-state index contributed by atoms with van der Waals surface area (Å²) in [6.45, 7) is 0. The van der Waals surface area contributed by atoms with E-state index in [0.29, 0.717) is 10.4 Å². The molecule has 0 saturated carbocycles. The van der Waals surface area contributed by atoms with Gasteiger partial charge >= 0.3 is 0 Å². The summed E-state index contributed by atoms with van der Waals surface area (Å²) >= 11 is 1.27. The maximum atomic E-state index is 12.4. The summed E-state index contributed by atoms with van der Waals surface area (Å²) in [5.41, 5.74) is 0.405. The van der Waals surface area contributed by atoms with E-state index in [2.05, 4.69) is 4.98 Å². The first-order chi connectivity index (χ1) is 7.70. The molecule has 0 bridgehead atoms. The molecule has 0 saturated heterocycles. The second-order valence-corrected chi connectivity index (χ2v) is 4.21. The summed E-state index contributed by atoms with van der Waals surface area (Å²) in [4.78, 5) is 15.4. The number of alkyl halides is 2. The number of halogens is 2. The zero-order chi connectivity index (χ0) is 11.5. The van der Waals surface area contributed by atoms with Crippen LogP contribution >= 0.6 is 11.3 Å². The molecule has 0 radical (unpaired) electrons. The minimum absolute atomic E-state index is 0.251. The molecule has 0 unspecified atom stereocenters. The van der Waals surface area contributed by atoms with E-state index in [1.54, 1.807) is 18.2 Å². The van der Waals surface area contributed by atoms with Crippen molar-refractivity contribution in [2.75, 3.05) is 0 Å². The van der Waals surface area contributed by atoms with Crippen LogP contribution in [0, 0.1) is 0 Å². The Kier molecular flexibility index (Phi) is 3.05. The molecule has 2 rings (SSSR count). The number of thiophene rings is 1. The minimum Gasteiger partial charge on any atom is -0.297 e. The lowest BCUT2D eigenvalue weighted by molar-refractivity contribution is 0.112. The van der Waals surface area contributed by atoms with Crippen molar-refractivity contribution in [1.82, 2.24) is 4.98 Å². The van der Waals surface area contributed by atoms with Crippen molar-refractivity contribution in [3.8, 4) is 10.4 Å². The monoisotopic (exact) mass is 239 g/mol. The summed E-state index contributed by atoms with van der Waals surface area (Å²) in [7, 11) is 0. The van der Waals surface area contributed by atoms with Crippen molar-refractivity contribution in [2.24, 2.45) is 0 Å². The molecule has 2 heterocycles. The minimum atomic E-state index is -2.58. The third-order valence-electron chi connectivity index (χ3n) is 2.03. The number of hydrogen-bond acceptors (Lipinski definition) is 3. The molecule has 0 fully saturated rings. The maximum absolute atomic E-state index is 12.4. The third kappa shape index (κ3) is 2.14. The first kappa shape index (κ1) is 10.9. The smallest absolute Gasteiger partial charge is 0.280 e. The van der Waals surface area contributed by atoms with Crippen molar-refractivity contribution < 1.29 is 13.6 Å². The molecule has 0 aromatic carbocycles. The van der Waals surface area contributed by atoms with Crippen LogP contribution in [0.4, 0.5) is 8.78 Å². The van der Waals surface area contributed by atoms with Crippen molar-refractivity contribution >= 4 is 17.6 Å². The number of carbonyl (C=O) groups is 1. The lowest BCUT2D eigenvalue weighted by Gasteiger charge is -2.01. The molecule has 0 aliphatic heterocycles. The number of pyridine rings is 1. The van der Waals surface area contributed by atoms with E-state index in [4.69, 9.17) is 0 Å². The highest BCUT2D eigenvalue weighted by atomic mass is 32.1. The molecule has 0 N–H and O–H groups in total. The summed E-state index contributed by atoms with van der Waals surface area (Å²) in [6, 6.07) is 6.38. The van der Waals surface area contributed by atoms with E-state index in [-0.39, 0.29) is 5.69 Å². The number of carbonyl (C=O) groups excluding carboxylic acids is 1. The molecule has 2 nitrogen and oxygen atoms in total. The van der Waals surface area contributed by atoms with Crippen molar-refractivity contribution in [3.63, 3.8) is 0 Å². The van der Waals surface area contributed by atoms with Crippen LogP contribution in [0.5, 0.6) is 0 Å². The average molecular weight is 239 g/mol. The van der Waals surface area contributed by atoms with Gasteiger partial charge in [-0.2, -0.15) is 0 Å². The molecular formula is C11H7F2NOS. The lowest BCUT2D eigenvalue weighted by Crippen LogP contribution is -1.89. The van der Waals surface area contributed by atoms with Gasteiger partial charge in [0.25, 0.3) is 6.43 Å². The van der Waals surface area contributed by atoms with Crippen molar-refractivity contribution in [3.05, 3.63) is 41.0 Å². The van der Waals surface area contributed by atoms with Crippen LogP contribution in [-0.2, 0) is 0 Å². The van der Waals surface area contributed by atoms with E-state index in [9.17, 15) is 13.6 Å². The van der Waals surface area contributed by atoms with E-state index in [1.165, 1.54) is 23.6 Å². The van der Waals surface area contributed by atoms with Gasteiger partial charge in [0.15, 0.2) is 6.29 Å². The van der Waals surface area contributed by atoms with E-state index < -0.39 is 6.43 Å². The van der Waals surface area contributed by atoms with Gasteiger partial charge in [0.2, 0.25) is 0 Å². The third-order valence-corrected chi connectivity index (χ3v) is 3.09. The topological polar surface area (TPSA) is 30.0 Å². The average Bonchev–Trinajstić information content (AvgIpc) is 2.77. The first-order valence-electron chi connectivity index (χ1n) is 4.50. The molecule has 2 aromatic rings. The van der Waals surface area contributed by atoms with Crippen LogP contribution in [0.2, 0.25) is 0 Å². The van der Waals surface area contributed by atoms with Crippen LogP contribution in [0.3, 0.4) is 0 Å². The van der Waals surface area contributed by atoms with Crippen LogP contribution < -0.4 is 0 Å². The number of nitrogens with zero attached hydrogens (tertiary/aromatic N) is 1. The zero-order valence-electron chi connectivity index (χ0n) is 8.06. The number of rotatable bonds is 3. The normalized spacial score (nSPS) is 10.7. The SMILES string of the molecule is O=Cc1ccc(-c2ccnc(C(F)F)c2)s1. The Labute approximate surface area is 94.6 Å². The van der Waals surface area contributed by atoms with Gasteiger partial charge in [-0.25, -0.2) is 8.78 Å². The Balaban J connectivity index is 2.39. The first-order valence-corrected chi connectivity index (χ1v) is 5.32. The molecule has 0 aliphatic rings. The van der Waals surface area contributed by atoms with Gasteiger partial charge in [0.1, 0.15) is 5.69 Å². The van der Waals surface area contributed by atoms with Gasteiger partial charge in [-0.05, 0) is 29.8 Å². The van der Waals surface area contributed by atoms with E-state index in [0.717, 1.165) is 11.2 Å². The number of hydrogen-bond donors (Lipinski definition) is 0. The molecule has 5 heteroatoms. The van der Waals surface area contributed by atoms with Crippen LogP contribution in [0.1, 0.15) is 21.8 Å². The second kappa shape index (κ2) is 4.49. The number of aromatic nitrogens is 1. The second-order valence-electron chi connectivity index (χ2n) is 3.09. The Morgan fingerprint density at radius 1 is 1.31 bits per heavy atom. The quantitative estimate of drug-likeness (QED) is 0.766. The molecular weight excluding hydrogens is 232 g/mol. The fraction of sp³-hybridized carbons (Fsp3) is 0.0909. The van der Waals surface area contributed by atoms with Crippen LogP contribution in [0.15, 0.2) is 30.5 Å². The Morgan fingerprint density at radius 3 is 2.75 bits per heavy atom. The largest absolute Gasteiger partial charge is 0.297 e. The molecule has 0 atom stereocenters. The van der Waals surface area contributed by atoms with E-state index >= 15 is 0 Å². The highest BCUT2D eigenvalue weighted by Gasteiger charge is 2.10. The number of aldehydes is 1. The lowest BCUT2D eigenvalue weighted by atomic mass is 10.2. The fourth-order valence-corrected chi connectivity index (χ4v) is 2.11. The zero-order valence-corrected chi connectivity index (χ0v) is 8.88. The van der Waals surface area contributed by atoms with Gasteiger partial charge < -0.3 is 0 Å². The van der Waals surface area contributed by atoms with Crippen molar-refractivity contribution in [2.45, 2.75) is 6.43 Å². The van der Waals surface area contributed by atoms with Gasteiger partial charge in [-0.1, -0.05) is 0 Å². The van der Waals surface area contributed by atoms with Crippen LogP contribution in [-0.4, -0.2) is 11.3 Å². The molecule has 82 valence electrons. The summed E-state index contributed by atoms with van der Waals surface area (Å²) < 4.78 is 24.8. The highest BCUT2D eigenvalue weighted by Crippen LogP contribution is 2.29. The van der Waals surface area contributed by atoms with Gasteiger partial charge in [-0.15, -0.1) is 11.3 Å². The molecule has 0 amide bonds. The van der Waals surface area contributed by atoms with Gasteiger partial charge in [0.05, 0.1) is 4.88 Å². The summed E-state index contributed by atoms with van der Waals surface area (Å²) in [6.07, 6.45) is -0.494.